The number of sulfone groups is 1. The van der Waals surface area contributed by atoms with E-state index in [1.807, 2.05) is 24.3 Å². The molecular weight excluding hydrogens is 324 g/mol. The molecule has 1 saturated carbocycles. The van der Waals surface area contributed by atoms with Gasteiger partial charge in [0.1, 0.15) is 11.5 Å². The maximum Gasteiger partial charge on any atom is 0.152 e. The van der Waals surface area contributed by atoms with Gasteiger partial charge in [0.15, 0.2) is 9.84 Å². The summed E-state index contributed by atoms with van der Waals surface area (Å²) in [7, 11) is -1.36. The highest BCUT2D eigenvalue weighted by molar-refractivity contribution is 7.91. The minimum Gasteiger partial charge on any atom is -0.497 e. The SMILES string of the molecule is COc1ccc(CC(=O)C2CCC(CS(=O)(=O)C(C)C)CC2)cc1. The summed E-state index contributed by atoms with van der Waals surface area (Å²) >= 11 is 0. The molecule has 1 fully saturated rings. The molecule has 4 nitrogen and oxygen atoms in total. The average molecular weight is 352 g/mol. The predicted molar refractivity (Wildman–Crippen MR) is 96.1 cm³/mol. The Hall–Kier alpha value is -1.36. The van der Waals surface area contributed by atoms with Crippen molar-refractivity contribution in [2.45, 2.75) is 51.2 Å². The first-order valence-electron chi connectivity index (χ1n) is 8.69. The molecule has 0 aromatic heterocycles. The molecule has 1 aromatic rings. The van der Waals surface area contributed by atoms with E-state index in [-0.39, 0.29) is 28.6 Å². The van der Waals surface area contributed by atoms with Crippen molar-refractivity contribution < 1.29 is 17.9 Å². The molecule has 0 unspecified atom stereocenters. The van der Waals surface area contributed by atoms with E-state index in [2.05, 4.69) is 0 Å². The lowest BCUT2D eigenvalue weighted by molar-refractivity contribution is -0.123. The van der Waals surface area contributed by atoms with Crippen molar-refractivity contribution >= 4 is 15.6 Å². The number of carbonyl (C=O) groups is 1. The van der Waals surface area contributed by atoms with E-state index < -0.39 is 9.84 Å². The molecule has 0 bridgehead atoms. The Balaban J connectivity index is 1.84. The molecule has 134 valence electrons. The van der Waals surface area contributed by atoms with E-state index in [0.717, 1.165) is 37.0 Å². The molecule has 1 aliphatic rings. The molecule has 0 N–H and O–H groups in total. The molecule has 0 heterocycles. The zero-order valence-corrected chi connectivity index (χ0v) is 15.6. The van der Waals surface area contributed by atoms with Crippen LogP contribution in [0.3, 0.4) is 0 Å². The van der Waals surface area contributed by atoms with E-state index >= 15 is 0 Å². The van der Waals surface area contributed by atoms with Gasteiger partial charge in [-0.2, -0.15) is 0 Å². The Morgan fingerprint density at radius 3 is 2.21 bits per heavy atom. The molecule has 0 spiro atoms. The quantitative estimate of drug-likeness (QED) is 0.754. The summed E-state index contributed by atoms with van der Waals surface area (Å²) in [5, 5.41) is -0.313. The first-order chi connectivity index (χ1) is 11.3. The van der Waals surface area contributed by atoms with Crippen LogP contribution < -0.4 is 4.74 Å². The normalized spacial score (nSPS) is 21.7. The summed E-state index contributed by atoms with van der Waals surface area (Å²) in [5.74, 6) is 1.61. The molecule has 0 aliphatic heterocycles. The van der Waals surface area contributed by atoms with Gasteiger partial charge >= 0.3 is 0 Å². The summed E-state index contributed by atoms with van der Waals surface area (Å²) in [6, 6.07) is 7.60. The van der Waals surface area contributed by atoms with Crippen LogP contribution in [0.15, 0.2) is 24.3 Å². The highest BCUT2D eigenvalue weighted by Crippen LogP contribution is 2.31. The van der Waals surface area contributed by atoms with E-state index in [1.165, 1.54) is 0 Å². The van der Waals surface area contributed by atoms with Crippen LogP contribution >= 0.6 is 0 Å². The molecule has 2 rings (SSSR count). The van der Waals surface area contributed by atoms with Crippen molar-refractivity contribution in [1.82, 2.24) is 0 Å². The first-order valence-corrected chi connectivity index (χ1v) is 10.4. The van der Waals surface area contributed by atoms with Crippen LogP contribution in [-0.2, 0) is 21.1 Å². The maximum atomic E-state index is 12.5. The van der Waals surface area contributed by atoms with Crippen molar-refractivity contribution in [2.24, 2.45) is 11.8 Å². The second-order valence-electron chi connectivity index (χ2n) is 7.09. The summed E-state index contributed by atoms with van der Waals surface area (Å²) in [6.07, 6.45) is 3.75. The fraction of sp³-hybridized carbons (Fsp3) is 0.632. The number of ether oxygens (including phenoxy) is 1. The van der Waals surface area contributed by atoms with Crippen molar-refractivity contribution in [1.29, 1.82) is 0 Å². The number of rotatable bonds is 7. The van der Waals surface area contributed by atoms with Gasteiger partial charge in [-0.3, -0.25) is 4.79 Å². The van der Waals surface area contributed by atoms with Crippen LogP contribution in [0.4, 0.5) is 0 Å². The number of benzene rings is 1. The Bertz CT molecular complexity index is 638. The lowest BCUT2D eigenvalue weighted by Gasteiger charge is -2.28. The van der Waals surface area contributed by atoms with Crippen LogP contribution in [0.5, 0.6) is 5.75 Å². The molecule has 0 saturated heterocycles. The summed E-state index contributed by atoms with van der Waals surface area (Å²) < 4.78 is 29.2. The summed E-state index contributed by atoms with van der Waals surface area (Å²) in [4.78, 5) is 12.5. The Morgan fingerprint density at radius 2 is 1.71 bits per heavy atom. The number of hydrogen-bond acceptors (Lipinski definition) is 4. The van der Waals surface area contributed by atoms with Gasteiger partial charge in [0.2, 0.25) is 0 Å². The molecule has 1 aliphatic carbocycles. The lowest BCUT2D eigenvalue weighted by Crippen LogP contribution is -2.29. The standard InChI is InChI=1S/C19H28O4S/c1-14(2)24(21,22)13-16-4-8-17(9-5-16)19(20)12-15-6-10-18(23-3)11-7-15/h6-7,10-11,14,16-17H,4-5,8-9,12-13H2,1-3H3. The monoisotopic (exact) mass is 352 g/mol. The van der Waals surface area contributed by atoms with Crippen LogP contribution in [0.25, 0.3) is 0 Å². The zero-order valence-electron chi connectivity index (χ0n) is 14.8. The molecular formula is C19H28O4S. The van der Waals surface area contributed by atoms with Crippen molar-refractivity contribution in [3.05, 3.63) is 29.8 Å². The van der Waals surface area contributed by atoms with Crippen LogP contribution in [0, 0.1) is 11.8 Å². The predicted octanol–water partition coefficient (Wildman–Crippen LogP) is 3.44. The maximum absolute atomic E-state index is 12.5. The van der Waals surface area contributed by atoms with E-state index in [4.69, 9.17) is 4.74 Å². The van der Waals surface area contributed by atoms with Crippen LogP contribution in [0.2, 0.25) is 0 Å². The minimum atomic E-state index is -2.99. The van der Waals surface area contributed by atoms with Crippen molar-refractivity contribution in [2.75, 3.05) is 12.9 Å². The van der Waals surface area contributed by atoms with Crippen LogP contribution in [-0.4, -0.2) is 32.3 Å². The highest BCUT2D eigenvalue weighted by atomic mass is 32.2. The van der Waals surface area contributed by atoms with Gasteiger partial charge in [0, 0.05) is 12.3 Å². The van der Waals surface area contributed by atoms with Crippen molar-refractivity contribution in [3.8, 4) is 5.75 Å². The van der Waals surface area contributed by atoms with Gasteiger partial charge in [-0.05, 0) is 63.1 Å². The number of methoxy groups -OCH3 is 1. The molecule has 0 amide bonds. The van der Waals surface area contributed by atoms with E-state index in [1.54, 1.807) is 21.0 Å². The third kappa shape index (κ3) is 5.07. The molecule has 24 heavy (non-hydrogen) atoms. The second kappa shape index (κ2) is 8.15. The van der Waals surface area contributed by atoms with Gasteiger partial charge in [-0.25, -0.2) is 8.42 Å². The van der Waals surface area contributed by atoms with E-state index in [9.17, 15) is 13.2 Å². The van der Waals surface area contributed by atoms with Crippen LogP contribution in [0.1, 0.15) is 45.1 Å². The summed E-state index contributed by atoms with van der Waals surface area (Å²) in [5.41, 5.74) is 1.00. The van der Waals surface area contributed by atoms with E-state index in [0.29, 0.717) is 6.42 Å². The Labute approximate surface area is 145 Å². The topological polar surface area (TPSA) is 60.4 Å². The fourth-order valence-corrected chi connectivity index (χ4v) is 4.64. The lowest BCUT2D eigenvalue weighted by atomic mass is 9.79. The largest absolute Gasteiger partial charge is 0.497 e. The first kappa shape index (κ1) is 19.0. The minimum absolute atomic E-state index is 0.0742. The van der Waals surface area contributed by atoms with Gasteiger partial charge in [-0.15, -0.1) is 0 Å². The third-order valence-electron chi connectivity index (χ3n) is 5.03. The highest BCUT2D eigenvalue weighted by Gasteiger charge is 2.29. The number of Topliss-reactive ketones (excluding diaryl/α,β-unsaturated/α-hetero) is 1. The van der Waals surface area contributed by atoms with Gasteiger partial charge in [0.05, 0.1) is 18.1 Å². The van der Waals surface area contributed by atoms with Gasteiger partial charge < -0.3 is 4.74 Å². The number of carbonyl (C=O) groups excluding carboxylic acids is 1. The molecule has 0 radical (unpaired) electrons. The smallest absolute Gasteiger partial charge is 0.152 e. The van der Waals surface area contributed by atoms with Gasteiger partial charge in [0.25, 0.3) is 0 Å². The number of hydrogen-bond donors (Lipinski definition) is 0. The fourth-order valence-electron chi connectivity index (χ4n) is 3.26. The Morgan fingerprint density at radius 1 is 1.12 bits per heavy atom. The zero-order chi connectivity index (χ0) is 17.7. The molecule has 5 heteroatoms. The molecule has 0 atom stereocenters. The number of ketones is 1. The summed E-state index contributed by atoms with van der Waals surface area (Å²) in [6.45, 7) is 3.47. The third-order valence-corrected chi connectivity index (χ3v) is 7.40. The second-order valence-corrected chi connectivity index (χ2v) is 9.69. The molecule has 1 aromatic carbocycles. The van der Waals surface area contributed by atoms with Crippen molar-refractivity contribution in [3.63, 3.8) is 0 Å². The van der Waals surface area contributed by atoms with Gasteiger partial charge in [-0.1, -0.05) is 12.1 Å². The Kier molecular flexibility index (Phi) is 6.44. The average Bonchev–Trinajstić information content (AvgIpc) is 2.55.